The minimum absolute atomic E-state index is 0.0142. The predicted octanol–water partition coefficient (Wildman–Crippen LogP) is 2.43. The second-order valence-electron chi connectivity index (χ2n) is 10.0. The summed E-state index contributed by atoms with van der Waals surface area (Å²) in [4.78, 5) is 69.7. The Morgan fingerprint density at radius 2 is 0.682 bits per heavy atom. The van der Waals surface area contributed by atoms with Crippen molar-refractivity contribution in [1.82, 2.24) is 0 Å². The number of carbonyl (C=O) groups is 6. The molecular formula is C28H48O15Si. The first-order valence-corrected chi connectivity index (χ1v) is 16.4. The average Bonchev–Trinajstić information content (AvgIpc) is 2.91. The summed E-state index contributed by atoms with van der Waals surface area (Å²) in [7, 11) is -3.48. The molecule has 0 heterocycles. The van der Waals surface area contributed by atoms with Crippen LogP contribution in [0.4, 0.5) is 0 Å². The van der Waals surface area contributed by atoms with E-state index in [4.69, 9.17) is 41.7 Å². The van der Waals surface area contributed by atoms with Crippen LogP contribution in [0, 0.1) is 0 Å². The van der Waals surface area contributed by atoms with E-state index in [0.29, 0.717) is 0 Å². The Labute approximate surface area is 259 Å². The molecule has 44 heavy (non-hydrogen) atoms. The Hall–Kier alpha value is -3.08. The van der Waals surface area contributed by atoms with Crippen molar-refractivity contribution in [3.63, 3.8) is 0 Å². The van der Waals surface area contributed by atoms with E-state index in [9.17, 15) is 28.8 Å². The van der Waals surface area contributed by atoms with Crippen molar-refractivity contribution in [3.8, 4) is 0 Å². The highest BCUT2D eigenvalue weighted by Gasteiger charge is 2.53. The molecule has 254 valence electrons. The minimum Gasteiger partial charge on any atom is -0.466 e. The third-order valence-electron chi connectivity index (χ3n) is 5.23. The monoisotopic (exact) mass is 652 g/mol. The first kappa shape index (κ1) is 40.9. The van der Waals surface area contributed by atoms with E-state index in [2.05, 4.69) is 0 Å². The van der Waals surface area contributed by atoms with Gasteiger partial charge in [0.25, 0.3) is 0 Å². The van der Waals surface area contributed by atoms with Crippen LogP contribution in [-0.4, -0.2) is 104 Å². The normalized spacial score (nSPS) is 11.3. The maximum atomic E-state index is 11.8. The third-order valence-corrected chi connectivity index (χ3v) is 8.82. The molecule has 0 aliphatic heterocycles. The van der Waals surface area contributed by atoms with Gasteiger partial charge < -0.3 is 41.7 Å². The first-order valence-electron chi connectivity index (χ1n) is 14.7. The standard InChI is InChI=1S/C28H48O15Si/c1-7-35-22(29)19-25(32)38-13-10-16-41-44(28(4,5)6,42-17-11-14-39-26(33)20-23(30)36-8-2)43-18-12-15-40-27(34)21-24(31)37-9-3/h7-21H2,1-6H3. The average molecular weight is 653 g/mol. The number of esters is 6. The fourth-order valence-corrected chi connectivity index (χ4v) is 6.06. The van der Waals surface area contributed by atoms with Crippen LogP contribution in [0.15, 0.2) is 0 Å². The Morgan fingerprint density at radius 1 is 0.432 bits per heavy atom. The molecule has 0 rings (SSSR count). The third kappa shape index (κ3) is 19.2. The van der Waals surface area contributed by atoms with E-state index < -0.39 is 68.9 Å². The molecule has 0 aromatic rings. The van der Waals surface area contributed by atoms with Crippen LogP contribution in [0.25, 0.3) is 0 Å². The van der Waals surface area contributed by atoms with Crippen molar-refractivity contribution in [2.24, 2.45) is 0 Å². The quantitative estimate of drug-likeness (QED) is 0.0486. The zero-order valence-electron chi connectivity index (χ0n) is 26.7. The number of carbonyl (C=O) groups excluding carboxylic acids is 6. The Bertz CT molecular complexity index is 797. The molecular weight excluding hydrogens is 604 g/mol. The van der Waals surface area contributed by atoms with Gasteiger partial charge in [-0.1, -0.05) is 20.8 Å². The molecule has 0 saturated heterocycles. The fraction of sp³-hybridized carbons (Fsp3) is 0.786. The summed E-state index contributed by atoms with van der Waals surface area (Å²) >= 11 is 0. The van der Waals surface area contributed by atoms with Crippen LogP contribution in [-0.2, 0) is 70.5 Å². The highest BCUT2D eigenvalue weighted by molar-refractivity contribution is 6.64. The summed E-state index contributed by atoms with van der Waals surface area (Å²) in [5.74, 6) is -4.17. The zero-order valence-corrected chi connectivity index (χ0v) is 27.7. The summed E-state index contributed by atoms with van der Waals surface area (Å²) in [6.07, 6.45) is -0.627. The van der Waals surface area contributed by atoms with Gasteiger partial charge in [-0.3, -0.25) is 28.8 Å². The summed E-state index contributed by atoms with van der Waals surface area (Å²) < 4.78 is 47.9. The zero-order chi connectivity index (χ0) is 33.4. The van der Waals surface area contributed by atoms with Crippen molar-refractivity contribution in [3.05, 3.63) is 0 Å². The maximum absolute atomic E-state index is 11.8. The van der Waals surface area contributed by atoms with E-state index in [0.717, 1.165) is 0 Å². The number of hydrogen-bond donors (Lipinski definition) is 0. The molecule has 15 nitrogen and oxygen atoms in total. The maximum Gasteiger partial charge on any atom is 0.506 e. The summed E-state index contributed by atoms with van der Waals surface area (Å²) in [6, 6.07) is 0. The second-order valence-corrected chi connectivity index (χ2v) is 13.5. The Balaban J connectivity index is 5.07. The van der Waals surface area contributed by atoms with Gasteiger partial charge in [0, 0.05) is 44.1 Å². The fourth-order valence-electron chi connectivity index (χ4n) is 3.27. The van der Waals surface area contributed by atoms with Gasteiger partial charge in [0.1, 0.15) is 19.3 Å². The van der Waals surface area contributed by atoms with E-state index in [1.807, 2.05) is 20.8 Å². The topological polar surface area (TPSA) is 185 Å². The van der Waals surface area contributed by atoms with Gasteiger partial charge in [-0.2, -0.15) is 0 Å². The van der Waals surface area contributed by atoms with Gasteiger partial charge in [0.15, 0.2) is 0 Å². The van der Waals surface area contributed by atoms with E-state index in [-0.39, 0.29) is 78.7 Å². The van der Waals surface area contributed by atoms with Crippen molar-refractivity contribution >= 4 is 44.6 Å². The van der Waals surface area contributed by atoms with Crippen molar-refractivity contribution in [1.29, 1.82) is 0 Å². The Kier molecular flexibility index (Phi) is 21.7. The molecule has 0 N–H and O–H groups in total. The smallest absolute Gasteiger partial charge is 0.466 e. The molecule has 0 amide bonds. The van der Waals surface area contributed by atoms with E-state index >= 15 is 0 Å². The van der Waals surface area contributed by atoms with E-state index in [1.165, 1.54) is 0 Å². The molecule has 0 spiro atoms. The molecule has 0 bridgehead atoms. The highest BCUT2D eigenvalue weighted by atomic mass is 28.4. The van der Waals surface area contributed by atoms with Gasteiger partial charge >= 0.3 is 44.6 Å². The van der Waals surface area contributed by atoms with Gasteiger partial charge in [-0.25, -0.2) is 0 Å². The van der Waals surface area contributed by atoms with Crippen LogP contribution >= 0.6 is 0 Å². The SMILES string of the molecule is CCOC(=O)CC(=O)OCCCO[Si](OCCCOC(=O)CC(=O)OCC)(OCCCOC(=O)CC(=O)OCC)C(C)(C)C. The van der Waals surface area contributed by atoms with Crippen molar-refractivity contribution in [2.75, 3.05) is 59.5 Å². The molecule has 0 aliphatic carbocycles. The molecule has 0 aliphatic rings. The Morgan fingerprint density at radius 3 is 0.909 bits per heavy atom. The van der Waals surface area contributed by atoms with Crippen LogP contribution in [0.1, 0.15) is 80.1 Å². The largest absolute Gasteiger partial charge is 0.506 e. The molecule has 0 radical (unpaired) electrons. The van der Waals surface area contributed by atoms with Crippen LogP contribution in [0.5, 0.6) is 0 Å². The van der Waals surface area contributed by atoms with Gasteiger partial charge in [0.2, 0.25) is 0 Å². The predicted molar refractivity (Wildman–Crippen MR) is 154 cm³/mol. The van der Waals surface area contributed by atoms with Gasteiger partial charge in [0.05, 0.1) is 39.6 Å². The first-order chi connectivity index (χ1) is 20.8. The van der Waals surface area contributed by atoms with Crippen LogP contribution in [0.3, 0.4) is 0 Å². The second kappa shape index (κ2) is 23.3. The number of hydrogen-bond acceptors (Lipinski definition) is 15. The van der Waals surface area contributed by atoms with Crippen molar-refractivity contribution in [2.45, 2.75) is 85.1 Å². The van der Waals surface area contributed by atoms with Crippen molar-refractivity contribution < 1.29 is 70.5 Å². The number of ether oxygens (including phenoxy) is 6. The molecule has 0 aromatic heterocycles. The van der Waals surface area contributed by atoms with Gasteiger partial charge in [-0.15, -0.1) is 0 Å². The molecule has 0 aromatic carbocycles. The summed E-state index contributed by atoms with van der Waals surface area (Å²) in [6.45, 7) is 11.2. The van der Waals surface area contributed by atoms with E-state index in [1.54, 1.807) is 20.8 Å². The molecule has 0 fully saturated rings. The number of rotatable bonds is 24. The van der Waals surface area contributed by atoms with Crippen LogP contribution < -0.4 is 0 Å². The minimum atomic E-state index is -3.48. The lowest BCUT2D eigenvalue weighted by atomic mass is 10.3. The lowest BCUT2D eigenvalue weighted by molar-refractivity contribution is -0.156. The lowest BCUT2D eigenvalue weighted by Gasteiger charge is -2.39. The molecule has 0 atom stereocenters. The summed E-state index contributed by atoms with van der Waals surface area (Å²) in [5.41, 5.74) is 0. The van der Waals surface area contributed by atoms with Crippen LogP contribution in [0.2, 0.25) is 5.04 Å². The summed E-state index contributed by atoms with van der Waals surface area (Å²) in [5, 5.41) is -0.630. The highest BCUT2D eigenvalue weighted by Crippen LogP contribution is 2.39. The molecule has 0 saturated carbocycles. The molecule has 16 heteroatoms. The van der Waals surface area contributed by atoms with Gasteiger partial charge in [-0.05, 0) is 20.8 Å². The molecule has 0 unspecified atom stereocenters. The lowest BCUT2D eigenvalue weighted by Crippen LogP contribution is -2.54.